The normalized spacial score (nSPS) is 13.8. The Morgan fingerprint density at radius 3 is 2.47 bits per heavy atom. The molecule has 1 aromatic carbocycles. The monoisotopic (exact) mass is 597 g/mol. The number of carbonyl (C=O) groups is 2. The van der Waals surface area contributed by atoms with E-state index in [2.05, 4.69) is 26.8 Å². The molecule has 0 unspecified atom stereocenters. The number of nitrogens with two attached hydrogens (primary N) is 1. The third-order valence-electron chi connectivity index (χ3n) is 7.20. The van der Waals surface area contributed by atoms with Crippen molar-refractivity contribution in [2.75, 3.05) is 39.1 Å². The molecule has 4 rings (SSSR count). The number of ether oxygens (including phenoxy) is 3. The smallest absolute Gasteiger partial charge is 0.410 e. The lowest BCUT2D eigenvalue weighted by molar-refractivity contribution is -0.139. The number of rotatable bonds is 13. The van der Waals surface area contributed by atoms with E-state index >= 15 is 0 Å². The van der Waals surface area contributed by atoms with Gasteiger partial charge < -0.3 is 29.8 Å². The number of nitrogen functional groups attached to an aromatic ring is 1. The molecule has 1 amide bonds. The summed E-state index contributed by atoms with van der Waals surface area (Å²) < 4.78 is 17.5. The van der Waals surface area contributed by atoms with Crippen LogP contribution < -0.4 is 16.2 Å². The third-order valence-corrected chi connectivity index (χ3v) is 7.20. The van der Waals surface area contributed by atoms with Crippen molar-refractivity contribution in [3.63, 3.8) is 0 Å². The molecule has 3 heterocycles. The summed E-state index contributed by atoms with van der Waals surface area (Å²) in [5.74, 6) is -0.119. The summed E-state index contributed by atoms with van der Waals surface area (Å²) in [5.41, 5.74) is 7.98. The maximum Gasteiger partial charge on any atom is 0.410 e. The van der Waals surface area contributed by atoms with Gasteiger partial charge in [-0.25, -0.2) is 9.59 Å². The molecule has 3 N–H and O–H groups in total. The number of esters is 1. The largest absolute Gasteiger partial charge is 0.469 e. The lowest BCUT2D eigenvalue weighted by Gasteiger charge is -2.45. The highest BCUT2D eigenvalue weighted by atomic mass is 16.6. The van der Waals surface area contributed by atoms with E-state index in [1.54, 1.807) is 9.47 Å². The van der Waals surface area contributed by atoms with Crippen molar-refractivity contribution in [1.29, 1.82) is 0 Å². The van der Waals surface area contributed by atoms with Gasteiger partial charge in [-0.1, -0.05) is 37.6 Å². The van der Waals surface area contributed by atoms with Crippen LogP contribution in [-0.4, -0.2) is 86.4 Å². The van der Waals surface area contributed by atoms with Crippen molar-refractivity contribution in [2.45, 2.75) is 78.1 Å². The number of anilines is 1. The number of amides is 1. The number of fused-ring (bicyclic) bond motifs is 1. The van der Waals surface area contributed by atoms with Crippen LogP contribution in [0.4, 0.5) is 10.6 Å². The molecule has 0 spiro atoms. The minimum absolute atomic E-state index is 0.124. The van der Waals surface area contributed by atoms with Crippen LogP contribution in [0.2, 0.25) is 0 Å². The summed E-state index contributed by atoms with van der Waals surface area (Å²) in [4.78, 5) is 52.5. The first kappa shape index (κ1) is 31.8. The number of aromatic amines is 1. The first-order chi connectivity index (χ1) is 20.5. The van der Waals surface area contributed by atoms with Gasteiger partial charge >= 0.3 is 23.8 Å². The average Bonchev–Trinajstić information content (AvgIpc) is 3.23. The summed E-state index contributed by atoms with van der Waals surface area (Å²) in [6.45, 7) is 10.9. The number of hydrogen-bond acceptors (Lipinski definition) is 10. The minimum Gasteiger partial charge on any atom is -0.469 e. The van der Waals surface area contributed by atoms with E-state index < -0.39 is 5.60 Å². The molecule has 234 valence electrons. The zero-order valence-corrected chi connectivity index (χ0v) is 25.7. The predicted octanol–water partition coefficient (Wildman–Crippen LogP) is 3.11. The number of H-pyrrole nitrogens is 1. The third kappa shape index (κ3) is 8.46. The highest BCUT2D eigenvalue weighted by molar-refractivity contribution is 5.81. The van der Waals surface area contributed by atoms with Crippen LogP contribution in [0.1, 0.15) is 58.1 Å². The molecular formula is C30H43N7O6. The van der Waals surface area contributed by atoms with Crippen molar-refractivity contribution in [2.24, 2.45) is 0 Å². The maximum atomic E-state index is 12.8. The number of carbonyl (C=O) groups excluding carboxylic acids is 2. The van der Waals surface area contributed by atoms with E-state index in [1.165, 1.54) is 7.11 Å². The standard InChI is InChI=1S/C30H43N7O6/c1-6-7-15-42-27-33-25(31)24-26(34-27)37(28(39)32-24)14-8-13-35(22-18-36(19-22)29(40)43-30(2,3)4)17-21-11-9-20(10-12-21)16-23(38)41-5/h9-12,22H,6-8,13-19H2,1-5H3,(H,32,39)(H2,31,33,34). The summed E-state index contributed by atoms with van der Waals surface area (Å²) in [6.07, 6.45) is 2.36. The van der Waals surface area contributed by atoms with Gasteiger partial charge in [0.25, 0.3) is 0 Å². The molecule has 0 atom stereocenters. The maximum absolute atomic E-state index is 12.8. The molecule has 3 aromatic rings. The number of unbranched alkanes of at least 4 members (excludes halogenated alkanes) is 1. The quantitative estimate of drug-likeness (QED) is 0.222. The first-order valence-corrected chi connectivity index (χ1v) is 14.7. The average molecular weight is 598 g/mol. The summed E-state index contributed by atoms with van der Waals surface area (Å²) in [5, 5.41) is 0. The van der Waals surface area contributed by atoms with Gasteiger partial charge in [-0.15, -0.1) is 0 Å². The number of aromatic nitrogens is 4. The number of hydrogen-bond donors (Lipinski definition) is 2. The topological polar surface area (TPSA) is 158 Å². The highest BCUT2D eigenvalue weighted by Gasteiger charge is 2.37. The number of nitrogens with zero attached hydrogens (tertiary/aromatic N) is 5. The lowest BCUT2D eigenvalue weighted by atomic mass is 10.0. The van der Waals surface area contributed by atoms with Crippen LogP contribution >= 0.6 is 0 Å². The van der Waals surface area contributed by atoms with Gasteiger partial charge in [0.05, 0.1) is 20.1 Å². The van der Waals surface area contributed by atoms with E-state index in [9.17, 15) is 14.4 Å². The zero-order valence-electron chi connectivity index (χ0n) is 25.7. The first-order valence-electron chi connectivity index (χ1n) is 14.7. The summed E-state index contributed by atoms with van der Waals surface area (Å²) in [6, 6.07) is 8.12. The lowest BCUT2D eigenvalue weighted by Crippen LogP contribution is -2.61. The number of likely N-dealkylation sites (tertiary alicyclic amines) is 1. The van der Waals surface area contributed by atoms with Gasteiger partial charge in [-0.3, -0.25) is 14.3 Å². The molecular weight excluding hydrogens is 554 g/mol. The molecule has 2 aromatic heterocycles. The number of imidazole rings is 1. The molecule has 1 fully saturated rings. The molecule has 13 nitrogen and oxygen atoms in total. The molecule has 1 aliphatic heterocycles. The highest BCUT2D eigenvalue weighted by Crippen LogP contribution is 2.23. The molecule has 0 saturated carbocycles. The van der Waals surface area contributed by atoms with Crippen molar-refractivity contribution < 1.29 is 23.8 Å². The van der Waals surface area contributed by atoms with E-state index in [0.717, 1.165) is 24.0 Å². The van der Waals surface area contributed by atoms with Crippen LogP contribution in [-0.2, 0) is 33.8 Å². The van der Waals surface area contributed by atoms with Crippen LogP contribution in [0.5, 0.6) is 6.01 Å². The van der Waals surface area contributed by atoms with Crippen LogP contribution in [0, 0.1) is 0 Å². The Balaban J connectivity index is 1.46. The van der Waals surface area contributed by atoms with E-state index in [0.29, 0.717) is 56.9 Å². The Morgan fingerprint density at radius 1 is 1.12 bits per heavy atom. The van der Waals surface area contributed by atoms with E-state index in [4.69, 9.17) is 19.9 Å². The Hall–Kier alpha value is -4.13. The molecule has 0 aliphatic carbocycles. The van der Waals surface area contributed by atoms with E-state index in [1.807, 2.05) is 45.0 Å². The van der Waals surface area contributed by atoms with Crippen LogP contribution in [0.25, 0.3) is 11.2 Å². The number of aryl methyl sites for hydroxylation is 1. The molecule has 0 bridgehead atoms. The SMILES string of the molecule is CCCCOc1nc(N)c2[nH]c(=O)n(CCCN(Cc3ccc(CC(=O)OC)cc3)C3CN(C(=O)OC(C)(C)C)C3)c2n1. The fourth-order valence-corrected chi connectivity index (χ4v) is 4.83. The molecule has 1 saturated heterocycles. The van der Waals surface area contributed by atoms with Gasteiger partial charge in [-0.05, 0) is 44.7 Å². The summed E-state index contributed by atoms with van der Waals surface area (Å²) >= 11 is 0. The second-order valence-corrected chi connectivity index (χ2v) is 11.8. The van der Waals surface area contributed by atoms with Crippen molar-refractivity contribution in [3.8, 4) is 6.01 Å². The van der Waals surface area contributed by atoms with Crippen molar-refractivity contribution in [1.82, 2.24) is 29.3 Å². The summed E-state index contributed by atoms with van der Waals surface area (Å²) in [7, 11) is 1.38. The predicted molar refractivity (Wildman–Crippen MR) is 162 cm³/mol. The van der Waals surface area contributed by atoms with Gasteiger partial charge in [0, 0.05) is 38.8 Å². The van der Waals surface area contributed by atoms with Crippen molar-refractivity contribution in [3.05, 3.63) is 45.9 Å². The van der Waals surface area contributed by atoms with Gasteiger partial charge in [-0.2, -0.15) is 9.97 Å². The molecule has 43 heavy (non-hydrogen) atoms. The number of benzene rings is 1. The number of methoxy groups -OCH3 is 1. The van der Waals surface area contributed by atoms with Gasteiger partial charge in [0.2, 0.25) is 0 Å². The Morgan fingerprint density at radius 2 is 1.81 bits per heavy atom. The van der Waals surface area contributed by atoms with E-state index in [-0.39, 0.29) is 42.0 Å². The Bertz CT molecular complexity index is 1450. The Labute approximate surface area is 251 Å². The fraction of sp³-hybridized carbons (Fsp3) is 0.567. The second kappa shape index (κ2) is 13.9. The number of nitrogens with one attached hydrogen (secondary N) is 1. The minimum atomic E-state index is -0.561. The fourth-order valence-electron chi connectivity index (χ4n) is 4.83. The second-order valence-electron chi connectivity index (χ2n) is 11.8. The van der Waals surface area contributed by atoms with Crippen molar-refractivity contribution >= 4 is 29.0 Å². The van der Waals surface area contributed by atoms with Gasteiger partial charge in [0.15, 0.2) is 11.5 Å². The van der Waals surface area contributed by atoms with Crippen LogP contribution in [0.15, 0.2) is 29.1 Å². The molecule has 0 radical (unpaired) electrons. The molecule has 1 aliphatic rings. The molecule has 13 heteroatoms. The van der Waals surface area contributed by atoms with Gasteiger partial charge in [0.1, 0.15) is 11.1 Å². The zero-order chi connectivity index (χ0) is 31.1. The Kier molecular flexibility index (Phi) is 10.3. The van der Waals surface area contributed by atoms with Crippen LogP contribution in [0.3, 0.4) is 0 Å².